The minimum Gasteiger partial charge on any atom is -0.492 e. The fourth-order valence-electron chi connectivity index (χ4n) is 3.20. The third-order valence-electron chi connectivity index (χ3n) is 4.99. The highest BCUT2D eigenvalue weighted by Crippen LogP contribution is 2.26. The van der Waals surface area contributed by atoms with Gasteiger partial charge in [-0.3, -0.25) is 4.79 Å². The number of sulfonamides is 1. The van der Waals surface area contributed by atoms with Crippen LogP contribution in [-0.2, 0) is 23.1 Å². The average molecular weight is 417 g/mol. The molecule has 3 rings (SSSR count). The number of ether oxygens (including phenoxy) is 1. The van der Waals surface area contributed by atoms with E-state index in [-0.39, 0.29) is 18.2 Å². The summed E-state index contributed by atoms with van der Waals surface area (Å²) >= 11 is 0. The van der Waals surface area contributed by atoms with Crippen molar-refractivity contribution in [3.05, 3.63) is 64.7 Å². The van der Waals surface area contributed by atoms with Gasteiger partial charge in [-0.15, -0.1) is 0 Å². The predicted octanol–water partition coefficient (Wildman–Crippen LogP) is 3.25. The van der Waals surface area contributed by atoms with Crippen molar-refractivity contribution in [1.29, 1.82) is 0 Å². The van der Waals surface area contributed by atoms with E-state index in [2.05, 4.69) is 5.32 Å². The number of carbonyl (C=O) groups is 1. The molecule has 0 radical (unpaired) electrons. The van der Waals surface area contributed by atoms with Gasteiger partial charge < -0.3 is 10.1 Å². The van der Waals surface area contributed by atoms with Crippen LogP contribution in [0.5, 0.6) is 5.75 Å². The lowest BCUT2D eigenvalue weighted by Gasteiger charge is -2.19. The molecule has 1 amide bonds. The number of carbonyl (C=O) groups excluding carboxylic acids is 1. The van der Waals surface area contributed by atoms with E-state index >= 15 is 0 Å². The third kappa shape index (κ3) is 5.58. The maximum absolute atomic E-state index is 12.6. The fourth-order valence-corrected chi connectivity index (χ4v) is 4.80. The van der Waals surface area contributed by atoms with Gasteiger partial charge in [0.25, 0.3) is 5.91 Å². The Morgan fingerprint density at radius 3 is 2.66 bits per heavy atom. The van der Waals surface area contributed by atoms with Crippen LogP contribution >= 0.6 is 0 Å². The number of benzene rings is 2. The van der Waals surface area contributed by atoms with Crippen molar-refractivity contribution < 1.29 is 17.9 Å². The molecule has 0 fully saturated rings. The first-order valence-corrected chi connectivity index (χ1v) is 11.6. The van der Waals surface area contributed by atoms with Crippen LogP contribution in [0.3, 0.4) is 0 Å². The van der Waals surface area contributed by atoms with Crippen molar-refractivity contribution in [2.24, 2.45) is 0 Å². The lowest BCUT2D eigenvalue weighted by atomic mass is 10.1. The fraction of sp³-hybridized carbons (Fsp3) is 0.409. The summed E-state index contributed by atoms with van der Waals surface area (Å²) in [6.45, 7) is 5.27. The maximum Gasteiger partial charge on any atom is 0.251 e. The molecule has 156 valence electrons. The molecule has 0 spiro atoms. The highest BCUT2D eigenvalue weighted by atomic mass is 32.2. The van der Waals surface area contributed by atoms with Crippen molar-refractivity contribution in [3.63, 3.8) is 0 Å². The molecule has 6 nitrogen and oxygen atoms in total. The Morgan fingerprint density at radius 1 is 1.17 bits per heavy atom. The first kappa shape index (κ1) is 21.3. The molecule has 0 unspecified atom stereocenters. The maximum atomic E-state index is 12.6. The van der Waals surface area contributed by atoms with Crippen LogP contribution in [0.2, 0.25) is 0 Å². The molecule has 2 aromatic rings. The second-order valence-corrected chi connectivity index (χ2v) is 9.43. The van der Waals surface area contributed by atoms with Gasteiger partial charge in [0.15, 0.2) is 0 Å². The van der Waals surface area contributed by atoms with E-state index < -0.39 is 10.0 Å². The summed E-state index contributed by atoms with van der Waals surface area (Å²) in [6.07, 6.45) is 1.46. The summed E-state index contributed by atoms with van der Waals surface area (Å²) in [5, 5.41) is 2.91. The van der Waals surface area contributed by atoms with Crippen LogP contribution in [0.4, 0.5) is 0 Å². The molecule has 7 heteroatoms. The molecular formula is C22H28N2O4S. The number of amides is 1. The molecule has 1 N–H and O–H groups in total. The summed E-state index contributed by atoms with van der Waals surface area (Å²) in [4.78, 5) is 12.6. The average Bonchev–Trinajstić information content (AvgIpc) is 2.94. The molecule has 1 aliphatic rings. The molecule has 0 saturated carbocycles. The number of aryl methyl sites for hydroxylation is 1. The minimum absolute atomic E-state index is 0.134. The quantitative estimate of drug-likeness (QED) is 0.752. The molecule has 0 saturated heterocycles. The Morgan fingerprint density at radius 2 is 1.93 bits per heavy atom. The number of fused-ring (bicyclic) bond motifs is 1. The summed E-state index contributed by atoms with van der Waals surface area (Å²) in [6, 6.07) is 13.2. The standard InChI is InChI=1S/C22H28N2O4S/c1-3-4-13-29(26,27)24-11-12-28-21-10-9-19(14-20(21)16-24)22(25)23-15-18-7-5-17(2)6-8-18/h5-10,14H,3-4,11-13,15-16H2,1-2H3,(H,23,25). The van der Waals surface area contributed by atoms with Crippen LogP contribution in [-0.4, -0.2) is 37.5 Å². The molecule has 1 heterocycles. The van der Waals surface area contributed by atoms with Crippen LogP contribution in [0, 0.1) is 6.92 Å². The molecule has 0 atom stereocenters. The van der Waals surface area contributed by atoms with Crippen molar-refractivity contribution in [1.82, 2.24) is 9.62 Å². The van der Waals surface area contributed by atoms with Gasteiger partial charge in [0.05, 0.1) is 5.75 Å². The summed E-state index contributed by atoms with van der Waals surface area (Å²) < 4.78 is 32.4. The van der Waals surface area contributed by atoms with Gasteiger partial charge in [-0.05, 0) is 37.1 Å². The normalized spacial score (nSPS) is 14.6. The number of nitrogens with one attached hydrogen (secondary N) is 1. The first-order chi connectivity index (χ1) is 13.9. The highest BCUT2D eigenvalue weighted by Gasteiger charge is 2.26. The van der Waals surface area contributed by atoms with Crippen LogP contribution in [0.25, 0.3) is 0 Å². The van der Waals surface area contributed by atoms with E-state index in [0.717, 1.165) is 12.0 Å². The van der Waals surface area contributed by atoms with E-state index in [0.29, 0.717) is 43.0 Å². The predicted molar refractivity (Wildman–Crippen MR) is 113 cm³/mol. The third-order valence-corrected chi connectivity index (χ3v) is 6.89. The van der Waals surface area contributed by atoms with Crippen LogP contribution < -0.4 is 10.1 Å². The highest BCUT2D eigenvalue weighted by molar-refractivity contribution is 7.89. The van der Waals surface area contributed by atoms with Gasteiger partial charge in [-0.2, -0.15) is 4.31 Å². The van der Waals surface area contributed by atoms with Crippen LogP contribution in [0.1, 0.15) is 46.8 Å². The van der Waals surface area contributed by atoms with Crippen LogP contribution in [0.15, 0.2) is 42.5 Å². The van der Waals surface area contributed by atoms with E-state index in [1.54, 1.807) is 18.2 Å². The Balaban J connectivity index is 1.72. The van der Waals surface area contributed by atoms with Gasteiger partial charge >= 0.3 is 0 Å². The Kier molecular flexibility index (Phi) is 6.92. The zero-order chi connectivity index (χ0) is 20.9. The Hall–Kier alpha value is -2.38. The summed E-state index contributed by atoms with van der Waals surface area (Å²) in [5.41, 5.74) is 3.40. The zero-order valence-electron chi connectivity index (χ0n) is 17.0. The SMILES string of the molecule is CCCCS(=O)(=O)N1CCOc2ccc(C(=O)NCc3ccc(C)cc3)cc2C1. The van der Waals surface area contributed by atoms with Gasteiger partial charge in [-0.1, -0.05) is 43.2 Å². The molecule has 1 aliphatic heterocycles. The van der Waals surface area contributed by atoms with Crippen molar-refractivity contribution >= 4 is 15.9 Å². The van der Waals surface area contributed by atoms with Gasteiger partial charge in [0.2, 0.25) is 10.0 Å². The monoisotopic (exact) mass is 416 g/mol. The smallest absolute Gasteiger partial charge is 0.251 e. The second-order valence-electron chi connectivity index (χ2n) is 7.34. The minimum atomic E-state index is -3.34. The van der Waals surface area contributed by atoms with Crippen molar-refractivity contribution in [3.8, 4) is 5.75 Å². The summed E-state index contributed by atoms with van der Waals surface area (Å²) in [7, 11) is -3.34. The number of hydrogen-bond donors (Lipinski definition) is 1. The number of unbranched alkanes of at least 4 members (excludes halogenated alkanes) is 1. The molecular weight excluding hydrogens is 388 g/mol. The molecule has 29 heavy (non-hydrogen) atoms. The van der Waals surface area contributed by atoms with E-state index in [4.69, 9.17) is 4.74 Å². The second kappa shape index (κ2) is 9.41. The van der Waals surface area contributed by atoms with E-state index in [9.17, 15) is 13.2 Å². The largest absolute Gasteiger partial charge is 0.492 e. The van der Waals surface area contributed by atoms with Gasteiger partial charge in [0.1, 0.15) is 12.4 Å². The Labute approximate surface area is 172 Å². The number of nitrogens with zero attached hydrogens (tertiary/aromatic N) is 1. The van der Waals surface area contributed by atoms with E-state index in [1.165, 1.54) is 9.87 Å². The molecule has 2 aromatic carbocycles. The molecule has 0 aliphatic carbocycles. The van der Waals surface area contributed by atoms with Crippen molar-refractivity contribution in [2.45, 2.75) is 39.8 Å². The number of hydrogen-bond acceptors (Lipinski definition) is 4. The lowest BCUT2D eigenvalue weighted by Crippen LogP contribution is -2.34. The van der Waals surface area contributed by atoms with Gasteiger partial charge in [-0.25, -0.2) is 8.42 Å². The molecule has 0 aromatic heterocycles. The topological polar surface area (TPSA) is 75.7 Å². The first-order valence-electron chi connectivity index (χ1n) is 9.96. The zero-order valence-corrected chi connectivity index (χ0v) is 17.8. The van der Waals surface area contributed by atoms with Crippen molar-refractivity contribution in [2.75, 3.05) is 18.9 Å². The van der Waals surface area contributed by atoms with Gasteiger partial charge in [0, 0.05) is 30.8 Å². The lowest BCUT2D eigenvalue weighted by molar-refractivity contribution is 0.0950. The number of rotatable bonds is 7. The molecule has 0 bridgehead atoms. The van der Waals surface area contributed by atoms with E-state index in [1.807, 2.05) is 38.1 Å². The Bertz CT molecular complexity index is 955. The summed E-state index contributed by atoms with van der Waals surface area (Å²) in [5.74, 6) is 0.571.